The molecule has 2 aliphatic rings. The molecule has 0 amide bonds. The highest BCUT2D eigenvalue weighted by Crippen LogP contribution is 2.34. The third-order valence-corrected chi connectivity index (χ3v) is 6.40. The van der Waals surface area contributed by atoms with E-state index in [0.717, 1.165) is 31.7 Å². The number of hydrogen-bond acceptors (Lipinski definition) is 4. The zero-order chi connectivity index (χ0) is 15.0. The number of hydrogen-bond donors (Lipinski definition) is 0. The molecule has 0 aliphatic carbocycles. The van der Waals surface area contributed by atoms with E-state index in [1.807, 2.05) is 16.7 Å². The Hall–Kier alpha value is -0.850. The molecule has 2 bridgehead atoms. The summed E-state index contributed by atoms with van der Waals surface area (Å²) >= 11 is 0. The van der Waals surface area contributed by atoms with Crippen molar-refractivity contribution >= 4 is 22.2 Å². The Morgan fingerprint density at radius 2 is 2.00 bits per heavy atom. The monoisotopic (exact) mass is 346 g/mol. The fraction of sp³-hybridized carbons (Fsp3) is 0.667. The summed E-state index contributed by atoms with van der Waals surface area (Å²) in [5.74, 6) is 1.27. The number of rotatable bonds is 4. The van der Waals surface area contributed by atoms with Crippen molar-refractivity contribution in [1.82, 2.24) is 9.47 Å². The molecule has 3 rings (SSSR count). The normalized spacial score (nSPS) is 24.4. The minimum atomic E-state index is -2.91. The van der Waals surface area contributed by atoms with Crippen molar-refractivity contribution in [1.29, 1.82) is 0 Å². The van der Waals surface area contributed by atoms with E-state index in [2.05, 4.69) is 4.90 Å². The van der Waals surface area contributed by atoms with Crippen molar-refractivity contribution < 1.29 is 8.42 Å². The molecule has 1 aromatic heterocycles. The van der Waals surface area contributed by atoms with Gasteiger partial charge in [0.15, 0.2) is 9.84 Å². The van der Waals surface area contributed by atoms with Crippen LogP contribution in [0.2, 0.25) is 0 Å². The van der Waals surface area contributed by atoms with Crippen molar-refractivity contribution in [3.8, 4) is 0 Å². The number of piperidine rings is 1. The molecular formula is C15H23ClN2O3S. The molecule has 124 valence electrons. The molecule has 2 unspecified atom stereocenters. The van der Waals surface area contributed by atoms with Crippen LogP contribution in [0, 0.1) is 5.92 Å². The van der Waals surface area contributed by atoms with Gasteiger partial charge in [-0.25, -0.2) is 8.42 Å². The van der Waals surface area contributed by atoms with Gasteiger partial charge in [0.2, 0.25) is 0 Å². The fourth-order valence-electron chi connectivity index (χ4n) is 3.59. The Bertz CT molecular complexity index is 686. The molecule has 7 heteroatoms. The summed E-state index contributed by atoms with van der Waals surface area (Å²) in [6.45, 7) is 4.83. The van der Waals surface area contributed by atoms with Crippen molar-refractivity contribution in [2.75, 3.05) is 31.1 Å². The van der Waals surface area contributed by atoms with Gasteiger partial charge >= 0.3 is 0 Å². The zero-order valence-corrected chi connectivity index (χ0v) is 14.4. The van der Waals surface area contributed by atoms with Gasteiger partial charge in [-0.3, -0.25) is 4.79 Å². The molecule has 1 fully saturated rings. The van der Waals surface area contributed by atoms with Gasteiger partial charge in [0.05, 0.1) is 5.75 Å². The van der Waals surface area contributed by atoms with Gasteiger partial charge in [-0.05, 0) is 18.4 Å². The number of halogens is 1. The lowest BCUT2D eigenvalue weighted by Gasteiger charge is -2.42. The van der Waals surface area contributed by atoms with Gasteiger partial charge in [-0.1, -0.05) is 13.0 Å². The molecule has 0 aromatic carbocycles. The fourth-order valence-corrected chi connectivity index (χ4v) is 4.42. The predicted octanol–water partition coefficient (Wildman–Crippen LogP) is 1.12. The topological polar surface area (TPSA) is 59.4 Å². The standard InChI is InChI=1S/C15H22N2O3S.ClH/c1-2-21(19,20)7-6-16-9-12-8-13(11-16)14-4-3-5-15(18)17(14)10-12;/h3-5,12-13H,2,6-11H2,1H3;1H. The first-order valence-corrected chi connectivity index (χ1v) is 9.43. The summed E-state index contributed by atoms with van der Waals surface area (Å²) in [6.07, 6.45) is 1.11. The number of aromatic nitrogens is 1. The molecule has 3 heterocycles. The highest BCUT2D eigenvalue weighted by Gasteiger charge is 2.34. The Labute approximate surface area is 137 Å². The number of pyridine rings is 1. The summed E-state index contributed by atoms with van der Waals surface area (Å²) in [4.78, 5) is 14.2. The van der Waals surface area contributed by atoms with E-state index in [1.165, 1.54) is 0 Å². The highest BCUT2D eigenvalue weighted by atomic mass is 35.5. The largest absolute Gasteiger partial charge is 0.312 e. The Kier molecular flexibility index (Phi) is 5.35. The second-order valence-corrected chi connectivity index (χ2v) is 8.67. The highest BCUT2D eigenvalue weighted by molar-refractivity contribution is 7.91. The molecule has 22 heavy (non-hydrogen) atoms. The summed E-state index contributed by atoms with van der Waals surface area (Å²) in [5.41, 5.74) is 1.20. The third kappa shape index (κ3) is 3.55. The molecule has 0 radical (unpaired) electrons. The summed E-state index contributed by atoms with van der Waals surface area (Å²) in [6, 6.07) is 5.49. The van der Waals surface area contributed by atoms with E-state index >= 15 is 0 Å². The van der Waals surface area contributed by atoms with Gasteiger partial charge in [-0.2, -0.15) is 0 Å². The van der Waals surface area contributed by atoms with Crippen LogP contribution in [-0.4, -0.2) is 49.0 Å². The van der Waals surface area contributed by atoms with Gasteiger partial charge in [0.1, 0.15) is 0 Å². The minimum Gasteiger partial charge on any atom is -0.312 e. The van der Waals surface area contributed by atoms with Crippen molar-refractivity contribution in [2.45, 2.75) is 25.8 Å². The number of sulfone groups is 1. The second-order valence-electron chi connectivity index (χ2n) is 6.19. The lowest BCUT2D eigenvalue weighted by molar-refractivity contribution is 0.126. The molecule has 0 spiro atoms. The van der Waals surface area contributed by atoms with Crippen molar-refractivity contribution in [3.05, 3.63) is 34.2 Å². The van der Waals surface area contributed by atoms with E-state index in [9.17, 15) is 13.2 Å². The summed E-state index contributed by atoms with van der Waals surface area (Å²) in [5, 5.41) is 0. The first kappa shape index (κ1) is 17.5. The number of likely N-dealkylation sites (tertiary alicyclic amines) is 1. The van der Waals surface area contributed by atoms with Crippen LogP contribution in [0.3, 0.4) is 0 Å². The van der Waals surface area contributed by atoms with Crippen LogP contribution in [0.25, 0.3) is 0 Å². The SMILES string of the molecule is CCS(=O)(=O)CCN1CC2CC(C1)c1cccc(=O)n1C2.Cl. The number of nitrogens with zero attached hydrogens (tertiary/aromatic N) is 2. The van der Waals surface area contributed by atoms with Gasteiger partial charge in [0.25, 0.3) is 5.56 Å². The maximum Gasteiger partial charge on any atom is 0.250 e. The summed E-state index contributed by atoms with van der Waals surface area (Å²) in [7, 11) is -2.91. The van der Waals surface area contributed by atoms with E-state index in [1.54, 1.807) is 13.0 Å². The molecule has 1 saturated heterocycles. The smallest absolute Gasteiger partial charge is 0.250 e. The quantitative estimate of drug-likeness (QED) is 0.820. The van der Waals surface area contributed by atoms with Crippen LogP contribution in [-0.2, 0) is 16.4 Å². The lowest BCUT2D eigenvalue weighted by Crippen LogP contribution is -2.48. The molecule has 2 atom stereocenters. The average molecular weight is 347 g/mol. The van der Waals surface area contributed by atoms with E-state index < -0.39 is 9.84 Å². The zero-order valence-electron chi connectivity index (χ0n) is 12.8. The van der Waals surface area contributed by atoms with Crippen LogP contribution in [0.4, 0.5) is 0 Å². The van der Waals surface area contributed by atoms with Gasteiger partial charge < -0.3 is 9.47 Å². The van der Waals surface area contributed by atoms with Gasteiger partial charge in [-0.15, -0.1) is 12.4 Å². The van der Waals surface area contributed by atoms with E-state index in [4.69, 9.17) is 0 Å². The molecule has 0 saturated carbocycles. The van der Waals surface area contributed by atoms with Crippen molar-refractivity contribution in [2.24, 2.45) is 5.92 Å². The first-order chi connectivity index (χ1) is 9.98. The molecule has 1 aromatic rings. The van der Waals surface area contributed by atoms with Gasteiger partial charge in [0, 0.05) is 49.6 Å². The maximum absolute atomic E-state index is 11.9. The molecule has 2 aliphatic heterocycles. The van der Waals surface area contributed by atoms with E-state index in [-0.39, 0.29) is 29.5 Å². The minimum absolute atomic E-state index is 0. The first-order valence-electron chi connectivity index (χ1n) is 7.61. The lowest BCUT2D eigenvalue weighted by atomic mass is 9.83. The van der Waals surface area contributed by atoms with Crippen LogP contribution in [0.15, 0.2) is 23.0 Å². The Morgan fingerprint density at radius 3 is 2.73 bits per heavy atom. The molecule has 0 N–H and O–H groups in total. The maximum atomic E-state index is 11.9. The third-order valence-electron chi connectivity index (χ3n) is 4.71. The predicted molar refractivity (Wildman–Crippen MR) is 89.6 cm³/mol. The number of fused-ring (bicyclic) bond motifs is 4. The molecule has 5 nitrogen and oxygen atoms in total. The van der Waals surface area contributed by atoms with Crippen LogP contribution in [0.5, 0.6) is 0 Å². The second kappa shape index (κ2) is 6.72. The Balaban J connectivity index is 0.00000176. The molecular weight excluding hydrogens is 324 g/mol. The van der Waals surface area contributed by atoms with Crippen LogP contribution < -0.4 is 5.56 Å². The van der Waals surface area contributed by atoms with Crippen LogP contribution in [0.1, 0.15) is 25.0 Å². The average Bonchev–Trinajstić information content (AvgIpc) is 2.46. The van der Waals surface area contributed by atoms with Crippen LogP contribution >= 0.6 is 12.4 Å². The van der Waals surface area contributed by atoms with Crippen molar-refractivity contribution in [3.63, 3.8) is 0 Å². The Morgan fingerprint density at radius 1 is 1.23 bits per heavy atom. The van der Waals surface area contributed by atoms with E-state index in [0.29, 0.717) is 18.4 Å². The summed E-state index contributed by atoms with van der Waals surface area (Å²) < 4.78 is 25.2.